The highest BCUT2D eigenvalue weighted by molar-refractivity contribution is 5.58. The van der Waals surface area contributed by atoms with Crippen LogP contribution in [-0.2, 0) is 6.54 Å². The van der Waals surface area contributed by atoms with Gasteiger partial charge in [0, 0.05) is 18.0 Å². The van der Waals surface area contributed by atoms with Gasteiger partial charge >= 0.3 is 0 Å². The first-order chi connectivity index (χ1) is 12.3. The van der Waals surface area contributed by atoms with Crippen molar-refractivity contribution in [2.45, 2.75) is 6.54 Å². The van der Waals surface area contributed by atoms with Crippen LogP contribution in [-0.4, -0.2) is 19.7 Å². The summed E-state index contributed by atoms with van der Waals surface area (Å²) in [5, 5.41) is 7.42. The predicted molar refractivity (Wildman–Crippen MR) is 90.6 cm³/mol. The van der Waals surface area contributed by atoms with Crippen LogP contribution in [0.15, 0.2) is 71.7 Å². The van der Waals surface area contributed by atoms with E-state index in [1.54, 1.807) is 35.5 Å². The Morgan fingerprint density at radius 3 is 2.80 bits per heavy atom. The molecule has 0 saturated heterocycles. The fraction of sp³-hybridized carbons (Fsp3) is 0.0556. The maximum atomic E-state index is 13.0. The van der Waals surface area contributed by atoms with Gasteiger partial charge in [0.15, 0.2) is 0 Å². The van der Waals surface area contributed by atoms with Crippen LogP contribution < -0.4 is 5.32 Å². The van der Waals surface area contributed by atoms with Gasteiger partial charge < -0.3 is 9.73 Å². The van der Waals surface area contributed by atoms with Gasteiger partial charge in [-0.2, -0.15) is 5.10 Å². The Balaban J connectivity index is 1.53. The van der Waals surface area contributed by atoms with Crippen molar-refractivity contribution in [3.63, 3.8) is 0 Å². The zero-order chi connectivity index (χ0) is 17.1. The molecular weight excluding hydrogens is 321 g/mol. The molecule has 0 spiro atoms. The second kappa shape index (κ2) is 6.56. The number of hydrogen-bond acceptors (Lipinski definition) is 5. The summed E-state index contributed by atoms with van der Waals surface area (Å²) in [5.74, 6) is 1.03. The van der Waals surface area contributed by atoms with Crippen molar-refractivity contribution in [1.29, 1.82) is 0 Å². The predicted octanol–water partition coefficient (Wildman–Crippen LogP) is 3.67. The first-order valence-corrected chi connectivity index (χ1v) is 7.68. The van der Waals surface area contributed by atoms with Crippen molar-refractivity contribution in [3.8, 4) is 16.9 Å². The third-order valence-electron chi connectivity index (χ3n) is 3.63. The van der Waals surface area contributed by atoms with E-state index < -0.39 is 0 Å². The number of halogens is 1. The highest BCUT2D eigenvalue weighted by atomic mass is 19.1. The molecule has 1 N–H and O–H groups in total. The van der Waals surface area contributed by atoms with Gasteiger partial charge in [-0.05, 0) is 42.5 Å². The summed E-state index contributed by atoms with van der Waals surface area (Å²) in [7, 11) is 0. The smallest absolute Gasteiger partial charge is 0.223 e. The average molecular weight is 335 g/mol. The lowest BCUT2D eigenvalue weighted by Crippen LogP contribution is -2.03. The molecule has 6 nitrogen and oxygen atoms in total. The molecule has 0 saturated carbocycles. The molecule has 0 atom stereocenters. The highest BCUT2D eigenvalue weighted by Crippen LogP contribution is 2.19. The zero-order valence-electron chi connectivity index (χ0n) is 13.1. The summed E-state index contributed by atoms with van der Waals surface area (Å²) in [6.07, 6.45) is 6.86. The minimum atomic E-state index is -0.279. The van der Waals surface area contributed by atoms with Gasteiger partial charge in [0.2, 0.25) is 5.95 Å². The summed E-state index contributed by atoms with van der Waals surface area (Å²) in [6.45, 7) is 0.505. The van der Waals surface area contributed by atoms with E-state index in [1.165, 1.54) is 12.1 Å². The van der Waals surface area contributed by atoms with Crippen molar-refractivity contribution < 1.29 is 8.81 Å². The van der Waals surface area contributed by atoms with E-state index >= 15 is 0 Å². The summed E-state index contributed by atoms with van der Waals surface area (Å²) < 4.78 is 20.0. The molecule has 3 aromatic heterocycles. The Kier molecular flexibility index (Phi) is 3.96. The van der Waals surface area contributed by atoms with Crippen LogP contribution in [0.2, 0.25) is 0 Å². The molecule has 0 aliphatic rings. The summed E-state index contributed by atoms with van der Waals surface area (Å²) >= 11 is 0. The van der Waals surface area contributed by atoms with Gasteiger partial charge in [0.05, 0.1) is 30.4 Å². The Bertz CT molecular complexity index is 963. The number of furan rings is 1. The molecule has 0 fully saturated rings. The number of anilines is 1. The highest BCUT2D eigenvalue weighted by Gasteiger charge is 2.07. The molecule has 4 rings (SSSR count). The Morgan fingerprint density at radius 2 is 2.00 bits per heavy atom. The molecule has 4 aromatic rings. The Hall–Kier alpha value is -3.48. The van der Waals surface area contributed by atoms with E-state index in [2.05, 4.69) is 20.4 Å². The molecule has 0 bridgehead atoms. The topological polar surface area (TPSA) is 68.8 Å². The molecule has 0 unspecified atom stereocenters. The average Bonchev–Trinajstić information content (AvgIpc) is 3.33. The van der Waals surface area contributed by atoms with Crippen LogP contribution in [0.1, 0.15) is 5.76 Å². The molecule has 0 amide bonds. The van der Waals surface area contributed by atoms with Crippen LogP contribution in [0.3, 0.4) is 0 Å². The first-order valence-electron chi connectivity index (χ1n) is 7.68. The van der Waals surface area contributed by atoms with Gasteiger partial charge in [0.1, 0.15) is 11.6 Å². The number of nitrogens with one attached hydrogen (secondary N) is 1. The third kappa shape index (κ3) is 3.40. The van der Waals surface area contributed by atoms with E-state index in [9.17, 15) is 4.39 Å². The maximum Gasteiger partial charge on any atom is 0.223 e. The number of benzene rings is 1. The molecule has 7 heteroatoms. The summed E-state index contributed by atoms with van der Waals surface area (Å²) in [6, 6.07) is 11.7. The molecule has 25 heavy (non-hydrogen) atoms. The summed E-state index contributed by atoms with van der Waals surface area (Å²) in [4.78, 5) is 8.69. The molecule has 3 heterocycles. The van der Waals surface area contributed by atoms with Crippen LogP contribution in [0.4, 0.5) is 10.3 Å². The zero-order valence-corrected chi connectivity index (χ0v) is 13.1. The van der Waals surface area contributed by atoms with Gasteiger partial charge in [-0.1, -0.05) is 0 Å². The van der Waals surface area contributed by atoms with Crippen LogP contribution in [0.5, 0.6) is 0 Å². The number of hydrogen-bond donors (Lipinski definition) is 1. The van der Waals surface area contributed by atoms with Crippen molar-refractivity contribution in [3.05, 3.63) is 78.9 Å². The van der Waals surface area contributed by atoms with Gasteiger partial charge in [0.25, 0.3) is 0 Å². The van der Waals surface area contributed by atoms with E-state index in [0.717, 1.165) is 22.7 Å². The lowest BCUT2D eigenvalue weighted by molar-refractivity contribution is 0.517. The Morgan fingerprint density at radius 1 is 1.12 bits per heavy atom. The standard InChI is InChI=1S/C18H14FN5O/c19-14-3-5-15(6-4-14)24-12-13(10-22-24)17-7-8-20-18(23-17)21-11-16-2-1-9-25-16/h1-10,12H,11H2,(H,20,21,23). The largest absolute Gasteiger partial charge is 0.467 e. The lowest BCUT2D eigenvalue weighted by atomic mass is 10.2. The van der Waals surface area contributed by atoms with E-state index in [4.69, 9.17) is 4.42 Å². The molecular formula is C18H14FN5O. The first kappa shape index (κ1) is 15.1. The van der Waals surface area contributed by atoms with E-state index in [0.29, 0.717) is 12.5 Å². The van der Waals surface area contributed by atoms with Crippen molar-refractivity contribution in [1.82, 2.24) is 19.7 Å². The molecule has 0 radical (unpaired) electrons. The normalized spacial score (nSPS) is 10.8. The van der Waals surface area contributed by atoms with Crippen LogP contribution >= 0.6 is 0 Å². The monoisotopic (exact) mass is 335 g/mol. The van der Waals surface area contributed by atoms with Crippen LogP contribution in [0, 0.1) is 5.82 Å². The van der Waals surface area contributed by atoms with Gasteiger partial charge in [-0.15, -0.1) is 0 Å². The number of rotatable bonds is 5. The second-order valence-electron chi connectivity index (χ2n) is 5.35. The fourth-order valence-electron chi connectivity index (χ4n) is 2.37. The number of aromatic nitrogens is 4. The van der Waals surface area contributed by atoms with Gasteiger partial charge in [-0.25, -0.2) is 19.0 Å². The van der Waals surface area contributed by atoms with Gasteiger partial charge in [-0.3, -0.25) is 0 Å². The third-order valence-corrected chi connectivity index (χ3v) is 3.63. The fourth-order valence-corrected chi connectivity index (χ4v) is 2.37. The molecule has 1 aromatic carbocycles. The van der Waals surface area contributed by atoms with E-state index in [-0.39, 0.29) is 5.82 Å². The lowest BCUT2D eigenvalue weighted by Gasteiger charge is -2.04. The molecule has 124 valence electrons. The van der Waals surface area contributed by atoms with Crippen molar-refractivity contribution >= 4 is 5.95 Å². The second-order valence-corrected chi connectivity index (χ2v) is 5.35. The van der Waals surface area contributed by atoms with Crippen molar-refractivity contribution in [2.75, 3.05) is 5.32 Å². The van der Waals surface area contributed by atoms with E-state index in [1.807, 2.05) is 24.4 Å². The number of nitrogens with zero attached hydrogens (tertiary/aromatic N) is 4. The summed E-state index contributed by atoms with van der Waals surface area (Å²) in [5.41, 5.74) is 2.36. The SMILES string of the molecule is Fc1ccc(-n2cc(-c3ccnc(NCc4ccco4)n3)cn2)cc1. The Labute approximate surface area is 143 Å². The minimum absolute atomic E-state index is 0.279. The molecule has 0 aliphatic carbocycles. The quantitative estimate of drug-likeness (QED) is 0.602. The minimum Gasteiger partial charge on any atom is -0.467 e. The molecule has 0 aliphatic heterocycles. The maximum absolute atomic E-state index is 13.0. The van der Waals surface area contributed by atoms with Crippen LogP contribution in [0.25, 0.3) is 16.9 Å². The van der Waals surface area contributed by atoms with Crippen molar-refractivity contribution in [2.24, 2.45) is 0 Å².